The molecule has 0 saturated carbocycles. The summed E-state index contributed by atoms with van der Waals surface area (Å²) in [7, 11) is 0. The SMILES string of the molecule is Cc1cc(C=CCCCl)ccc1[N+](=O)[O-]. The molecule has 0 N–H and O–H groups in total. The molecule has 0 fully saturated rings. The van der Waals surface area contributed by atoms with E-state index in [-0.39, 0.29) is 10.6 Å². The Balaban J connectivity index is 2.87. The smallest absolute Gasteiger partial charge is 0.258 e. The second-order valence-electron chi connectivity index (χ2n) is 3.18. The zero-order chi connectivity index (χ0) is 11.3. The van der Waals surface area contributed by atoms with E-state index in [1.807, 2.05) is 12.2 Å². The van der Waals surface area contributed by atoms with Crippen LogP contribution in [-0.2, 0) is 0 Å². The van der Waals surface area contributed by atoms with Gasteiger partial charge in [0.1, 0.15) is 0 Å². The Morgan fingerprint density at radius 3 is 2.80 bits per heavy atom. The quantitative estimate of drug-likeness (QED) is 0.447. The molecule has 0 aliphatic carbocycles. The monoisotopic (exact) mass is 225 g/mol. The normalized spacial score (nSPS) is 10.8. The fraction of sp³-hybridized carbons (Fsp3) is 0.273. The number of benzene rings is 1. The third-order valence-corrected chi connectivity index (χ3v) is 2.22. The summed E-state index contributed by atoms with van der Waals surface area (Å²) in [5, 5.41) is 10.6. The van der Waals surface area contributed by atoms with Gasteiger partial charge in [-0.15, -0.1) is 11.6 Å². The molecule has 0 heterocycles. The van der Waals surface area contributed by atoms with E-state index in [4.69, 9.17) is 11.6 Å². The number of hydrogen-bond donors (Lipinski definition) is 0. The molecule has 0 bridgehead atoms. The van der Waals surface area contributed by atoms with Crippen LogP contribution in [0.1, 0.15) is 17.5 Å². The summed E-state index contributed by atoms with van der Waals surface area (Å²) in [6.45, 7) is 1.73. The van der Waals surface area contributed by atoms with Crippen LogP contribution in [0, 0.1) is 17.0 Å². The van der Waals surface area contributed by atoms with E-state index in [2.05, 4.69) is 0 Å². The van der Waals surface area contributed by atoms with E-state index >= 15 is 0 Å². The summed E-state index contributed by atoms with van der Waals surface area (Å²) in [5.41, 5.74) is 1.79. The number of nitro groups is 1. The topological polar surface area (TPSA) is 43.1 Å². The minimum Gasteiger partial charge on any atom is -0.258 e. The number of alkyl halides is 1. The summed E-state index contributed by atoms with van der Waals surface area (Å²) in [5.74, 6) is 0.586. The van der Waals surface area contributed by atoms with E-state index in [0.717, 1.165) is 12.0 Å². The fourth-order valence-electron chi connectivity index (χ4n) is 1.27. The highest BCUT2D eigenvalue weighted by molar-refractivity contribution is 6.17. The number of nitro benzene ring substituents is 1. The second kappa shape index (κ2) is 5.51. The number of hydrogen-bond acceptors (Lipinski definition) is 2. The highest BCUT2D eigenvalue weighted by atomic mass is 35.5. The van der Waals surface area contributed by atoms with Crippen molar-refractivity contribution in [1.82, 2.24) is 0 Å². The van der Waals surface area contributed by atoms with Crippen molar-refractivity contribution in [2.75, 3.05) is 5.88 Å². The Morgan fingerprint density at radius 2 is 2.27 bits per heavy atom. The van der Waals surface area contributed by atoms with Crippen molar-refractivity contribution < 1.29 is 4.92 Å². The predicted molar refractivity (Wildman–Crippen MR) is 62.2 cm³/mol. The van der Waals surface area contributed by atoms with Crippen molar-refractivity contribution in [2.24, 2.45) is 0 Å². The summed E-state index contributed by atoms with van der Waals surface area (Å²) < 4.78 is 0. The first-order chi connectivity index (χ1) is 7.15. The number of rotatable bonds is 4. The van der Waals surface area contributed by atoms with Gasteiger partial charge in [-0.05, 0) is 31.0 Å². The lowest BCUT2D eigenvalue weighted by Gasteiger charge is -1.98. The Morgan fingerprint density at radius 1 is 1.53 bits per heavy atom. The molecule has 0 atom stereocenters. The lowest BCUT2D eigenvalue weighted by Crippen LogP contribution is -1.91. The summed E-state index contributed by atoms with van der Waals surface area (Å²) >= 11 is 5.53. The van der Waals surface area contributed by atoms with Crippen molar-refractivity contribution in [2.45, 2.75) is 13.3 Å². The van der Waals surface area contributed by atoms with Crippen molar-refractivity contribution in [3.63, 3.8) is 0 Å². The molecule has 15 heavy (non-hydrogen) atoms. The van der Waals surface area contributed by atoms with Gasteiger partial charge >= 0.3 is 0 Å². The lowest BCUT2D eigenvalue weighted by atomic mass is 10.1. The Labute approximate surface area is 93.5 Å². The molecule has 80 valence electrons. The maximum atomic E-state index is 10.6. The molecule has 1 rings (SSSR count). The molecule has 0 amide bonds. The first-order valence-electron chi connectivity index (χ1n) is 4.62. The van der Waals surface area contributed by atoms with E-state index in [0.29, 0.717) is 11.4 Å². The Hall–Kier alpha value is -1.35. The van der Waals surface area contributed by atoms with Crippen molar-refractivity contribution >= 4 is 23.4 Å². The Kier molecular flexibility index (Phi) is 4.31. The molecule has 0 aliphatic rings. The van der Waals surface area contributed by atoms with Crippen molar-refractivity contribution in [1.29, 1.82) is 0 Å². The maximum Gasteiger partial charge on any atom is 0.272 e. The minimum absolute atomic E-state index is 0.157. The molecule has 1 aromatic rings. The van der Waals surface area contributed by atoms with Crippen molar-refractivity contribution in [3.8, 4) is 0 Å². The molecule has 3 nitrogen and oxygen atoms in total. The van der Waals surface area contributed by atoms with Gasteiger partial charge in [-0.3, -0.25) is 10.1 Å². The van der Waals surface area contributed by atoms with Gasteiger partial charge in [0.05, 0.1) is 4.92 Å². The Bertz CT molecular complexity index is 388. The van der Waals surface area contributed by atoms with Crippen molar-refractivity contribution in [3.05, 3.63) is 45.5 Å². The van der Waals surface area contributed by atoms with Gasteiger partial charge < -0.3 is 0 Å². The van der Waals surface area contributed by atoms with Gasteiger partial charge in [-0.1, -0.05) is 12.2 Å². The van der Waals surface area contributed by atoms with E-state index in [1.54, 1.807) is 19.1 Å². The molecular weight excluding hydrogens is 214 g/mol. The van der Waals surface area contributed by atoms with Gasteiger partial charge in [0.2, 0.25) is 0 Å². The highest BCUT2D eigenvalue weighted by Crippen LogP contribution is 2.19. The lowest BCUT2D eigenvalue weighted by molar-refractivity contribution is -0.385. The average Bonchev–Trinajstić information content (AvgIpc) is 2.17. The first-order valence-corrected chi connectivity index (χ1v) is 5.16. The molecular formula is C11H12ClNO2. The van der Waals surface area contributed by atoms with Crippen LogP contribution < -0.4 is 0 Å². The molecule has 0 aromatic heterocycles. The zero-order valence-electron chi connectivity index (χ0n) is 8.44. The summed E-state index contributed by atoms with van der Waals surface area (Å²) in [4.78, 5) is 10.2. The average molecular weight is 226 g/mol. The van der Waals surface area contributed by atoms with Crippen LogP contribution in [0.25, 0.3) is 6.08 Å². The zero-order valence-corrected chi connectivity index (χ0v) is 9.20. The number of allylic oxidation sites excluding steroid dienone is 1. The van der Waals surface area contributed by atoms with Crippen LogP contribution in [0.4, 0.5) is 5.69 Å². The molecule has 0 unspecified atom stereocenters. The van der Waals surface area contributed by atoms with Crippen LogP contribution >= 0.6 is 11.6 Å². The van der Waals surface area contributed by atoms with Crippen LogP contribution in [-0.4, -0.2) is 10.8 Å². The van der Waals surface area contributed by atoms with Crippen LogP contribution in [0.5, 0.6) is 0 Å². The second-order valence-corrected chi connectivity index (χ2v) is 3.56. The van der Waals surface area contributed by atoms with Gasteiger partial charge in [0, 0.05) is 17.5 Å². The van der Waals surface area contributed by atoms with E-state index in [9.17, 15) is 10.1 Å². The minimum atomic E-state index is -0.373. The largest absolute Gasteiger partial charge is 0.272 e. The number of halogens is 1. The number of nitrogens with zero attached hydrogens (tertiary/aromatic N) is 1. The standard InChI is InChI=1S/C11H12ClNO2/c1-9-8-10(4-2-3-7-12)5-6-11(9)13(14)15/h2,4-6,8H,3,7H2,1H3. The molecule has 1 aromatic carbocycles. The molecule has 0 radical (unpaired) electrons. The van der Waals surface area contributed by atoms with Crippen LogP contribution in [0.2, 0.25) is 0 Å². The van der Waals surface area contributed by atoms with Gasteiger partial charge in [0.15, 0.2) is 0 Å². The highest BCUT2D eigenvalue weighted by Gasteiger charge is 2.08. The van der Waals surface area contributed by atoms with E-state index in [1.165, 1.54) is 6.07 Å². The third kappa shape index (κ3) is 3.36. The van der Waals surface area contributed by atoms with Gasteiger partial charge in [0.25, 0.3) is 5.69 Å². The summed E-state index contributed by atoms with van der Waals surface area (Å²) in [6.07, 6.45) is 4.67. The first kappa shape index (κ1) is 11.7. The van der Waals surface area contributed by atoms with Crippen LogP contribution in [0.15, 0.2) is 24.3 Å². The van der Waals surface area contributed by atoms with Gasteiger partial charge in [-0.25, -0.2) is 0 Å². The van der Waals surface area contributed by atoms with E-state index < -0.39 is 0 Å². The molecule has 0 saturated heterocycles. The molecule has 4 heteroatoms. The predicted octanol–water partition coefficient (Wildman–Crippen LogP) is 3.55. The third-order valence-electron chi connectivity index (χ3n) is 2.00. The van der Waals surface area contributed by atoms with Gasteiger partial charge in [-0.2, -0.15) is 0 Å². The fourth-order valence-corrected chi connectivity index (χ4v) is 1.40. The molecule has 0 spiro atoms. The maximum absolute atomic E-state index is 10.6. The number of aryl methyl sites for hydroxylation is 1. The van der Waals surface area contributed by atoms with Crippen LogP contribution in [0.3, 0.4) is 0 Å². The molecule has 0 aliphatic heterocycles. The summed E-state index contributed by atoms with van der Waals surface area (Å²) in [6, 6.07) is 5.05.